The summed E-state index contributed by atoms with van der Waals surface area (Å²) in [6.07, 6.45) is 1.64. The average Bonchev–Trinajstić information content (AvgIpc) is 2.86. The zero-order chi connectivity index (χ0) is 23.9. The number of ether oxygens (including phenoxy) is 2. The fourth-order valence-corrected chi connectivity index (χ4v) is 3.81. The van der Waals surface area contributed by atoms with E-state index in [1.807, 2.05) is 42.5 Å². The summed E-state index contributed by atoms with van der Waals surface area (Å²) in [6.45, 7) is 0. The van der Waals surface area contributed by atoms with Gasteiger partial charge in [0.1, 0.15) is 11.5 Å². The van der Waals surface area contributed by atoms with E-state index in [1.165, 1.54) is 6.21 Å². The van der Waals surface area contributed by atoms with Gasteiger partial charge in [0.05, 0.1) is 25.3 Å². The van der Waals surface area contributed by atoms with Gasteiger partial charge in [-0.25, -0.2) is 10.2 Å². The lowest BCUT2D eigenvalue weighted by atomic mass is 10.0. The Morgan fingerprint density at radius 1 is 0.971 bits per heavy atom. The van der Waals surface area contributed by atoms with Crippen molar-refractivity contribution in [3.63, 3.8) is 0 Å². The summed E-state index contributed by atoms with van der Waals surface area (Å²) in [4.78, 5) is 25.0. The smallest absolute Gasteiger partial charge is 0.343 e. The molecule has 0 atom stereocenters. The first kappa shape index (κ1) is 23.2. The third-order valence-electron chi connectivity index (χ3n) is 5.12. The maximum atomic E-state index is 12.6. The van der Waals surface area contributed by atoms with Gasteiger partial charge in [-0.2, -0.15) is 5.10 Å². The minimum atomic E-state index is -0.514. The molecule has 170 valence electrons. The van der Waals surface area contributed by atoms with Crippen LogP contribution in [0.5, 0.6) is 11.5 Å². The molecule has 4 rings (SSSR count). The summed E-state index contributed by atoms with van der Waals surface area (Å²) in [5.41, 5.74) is 4.38. The highest BCUT2D eigenvalue weighted by Gasteiger charge is 2.12. The fraction of sp³-hybridized carbons (Fsp3) is 0.0741. The van der Waals surface area contributed by atoms with E-state index in [-0.39, 0.29) is 12.3 Å². The van der Waals surface area contributed by atoms with Crippen molar-refractivity contribution >= 4 is 44.8 Å². The van der Waals surface area contributed by atoms with Crippen LogP contribution >= 0.6 is 15.9 Å². The van der Waals surface area contributed by atoms with Crippen LogP contribution in [0.4, 0.5) is 0 Å². The zero-order valence-electron chi connectivity index (χ0n) is 18.3. The molecule has 0 saturated carbocycles. The molecule has 1 amide bonds. The molecule has 0 aliphatic heterocycles. The van der Waals surface area contributed by atoms with E-state index in [2.05, 4.69) is 26.5 Å². The van der Waals surface area contributed by atoms with Crippen molar-refractivity contribution in [3.05, 3.63) is 106 Å². The summed E-state index contributed by atoms with van der Waals surface area (Å²) in [5, 5.41) is 6.18. The molecule has 0 unspecified atom stereocenters. The second-order valence-corrected chi connectivity index (χ2v) is 8.32. The molecule has 4 aromatic rings. The molecule has 0 fully saturated rings. The highest BCUT2D eigenvalue weighted by Crippen LogP contribution is 2.23. The minimum absolute atomic E-state index is 0.191. The van der Waals surface area contributed by atoms with Crippen molar-refractivity contribution in [3.8, 4) is 11.5 Å². The lowest BCUT2D eigenvalue weighted by molar-refractivity contribution is -0.120. The van der Waals surface area contributed by atoms with E-state index in [4.69, 9.17) is 9.47 Å². The van der Waals surface area contributed by atoms with Gasteiger partial charge in [0, 0.05) is 10.0 Å². The first-order valence-electron chi connectivity index (χ1n) is 10.5. The number of fused-ring (bicyclic) bond motifs is 1. The molecule has 0 aliphatic carbocycles. The Kier molecular flexibility index (Phi) is 7.34. The fourth-order valence-electron chi connectivity index (χ4n) is 3.43. The van der Waals surface area contributed by atoms with Gasteiger partial charge in [-0.3, -0.25) is 4.79 Å². The van der Waals surface area contributed by atoms with E-state index >= 15 is 0 Å². The molecule has 6 nitrogen and oxygen atoms in total. The second-order valence-electron chi connectivity index (χ2n) is 7.41. The third-order valence-corrected chi connectivity index (χ3v) is 5.62. The number of hydrogen-bond acceptors (Lipinski definition) is 5. The molecular formula is C27H21BrN2O4. The lowest BCUT2D eigenvalue weighted by Crippen LogP contribution is -2.20. The Labute approximate surface area is 205 Å². The van der Waals surface area contributed by atoms with Gasteiger partial charge in [0.2, 0.25) is 5.91 Å². The molecule has 0 bridgehead atoms. The Bertz CT molecular complexity index is 1360. The van der Waals surface area contributed by atoms with Crippen molar-refractivity contribution in [2.45, 2.75) is 6.42 Å². The largest absolute Gasteiger partial charge is 0.497 e. The number of amides is 1. The Balaban J connectivity index is 1.44. The number of halogens is 1. The van der Waals surface area contributed by atoms with E-state index in [9.17, 15) is 9.59 Å². The molecule has 4 aromatic carbocycles. The zero-order valence-corrected chi connectivity index (χ0v) is 19.9. The normalized spacial score (nSPS) is 10.9. The third kappa shape index (κ3) is 5.68. The van der Waals surface area contributed by atoms with Crippen molar-refractivity contribution in [2.24, 2.45) is 5.10 Å². The van der Waals surface area contributed by atoms with Gasteiger partial charge in [0.25, 0.3) is 0 Å². The maximum Gasteiger partial charge on any atom is 0.343 e. The summed E-state index contributed by atoms with van der Waals surface area (Å²) >= 11 is 3.41. The number of carbonyl (C=O) groups excluding carboxylic acids is 2. The molecule has 0 aromatic heterocycles. The van der Waals surface area contributed by atoms with E-state index in [0.717, 1.165) is 20.8 Å². The summed E-state index contributed by atoms with van der Waals surface area (Å²) < 4.78 is 11.4. The van der Waals surface area contributed by atoms with Gasteiger partial charge >= 0.3 is 5.97 Å². The SMILES string of the molecule is COc1ccc(C(=O)Oc2ccc(Br)cc2/C=N/NC(=O)Cc2cccc3ccccc23)cc1. The number of methoxy groups -OCH3 is 1. The molecule has 1 N–H and O–H groups in total. The molecular weight excluding hydrogens is 496 g/mol. The molecule has 0 radical (unpaired) electrons. The van der Waals surface area contributed by atoms with Gasteiger partial charge in [0.15, 0.2) is 0 Å². The highest BCUT2D eigenvalue weighted by molar-refractivity contribution is 9.10. The first-order valence-corrected chi connectivity index (χ1v) is 11.3. The standard InChI is InChI=1S/C27H21BrN2O4/c1-33-23-12-9-19(10-13-23)27(32)34-25-14-11-22(28)15-21(25)17-29-30-26(31)16-20-7-4-6-18-5-2-3-8-24(18)20/h2-15,17H,16H2,1H3,(H,30,31)/b29-17+. The topological polar surface area (TPSA) is 77.0 Å². The monoisotopic (exact) mass is 516 g/mol. The average molecular weight is 517 g/mol. The maximum absolute atomic E-state index is 12.6. The van der Waals surface area contributed by atoms with Crippen molar-refractivity contribution < 1.29 is 19.1 Å². The van der Waals surface area contributed by atoms with Crippen LogP contribution in [0.3, 0.4) is 0 Å². The number of benzene rings is 4. The van der Waals surface area contributed by atoms with Crippen LogP contribution in [0.2, 0.25) is 0 Å². The summed E-state index contributed by atoms with van der Waals surface area (Å²) in [6, 6.07) is 25.6. The summed E-state index contributed by atoms with van der Waals surface area (Å²) in [7, 11) is 1.56. The van der Waals surface area contributed by atoms with E-state index < -0.39 is 5.97 Å². The Morgan fingerprint density at radius 2 is 1.74 bits per heavy atom. The van der Waals surface area contributed by atoms with Crippen LogP contribution in [-0.4, -0.2) is 25.2 Å². The molecule has 7 heteroatoms. The second kappa shape index (κ2) is 10.8. The van der Waals surface area contributed by atoms with E-state index in [0.29, 0.717) is 22.6 Å². The van der Waals surface area contributed by atoms with Crippen LogP contribution in [0.15, 0.2) is 94.5 Å². The van der Waals surface area contributed by atoms with Crippen LogP contribution in [-0.2, 0) is 11.2 Å². The Morgan fingerprint density at radius 3 is 2.53 bits per heavy atom. The van der Waals surface area contributed by atoms with Crippen molar-refractivity contribution in [1.82, 2.24) is 5.43 Å². The lowest BCUT2D eigenvalue weighted by Gasteiger charge is -2.09. The van der Waals surface area contributed by atoms with Crippen LogP contribution in [0.25, 0.3) is 10.8 Å². The van der Waals surface area contributed by atoms with Crippen molar-refractivity contribution in [2.75, 3.05) is 7.11 Å². The Hall–Kier alpha value is -3.97. The minimum Gasteiger partial charge on any atom is -0.497 e. The first-order chi connectivity index (χ1) is 16.5. The summed E-state index contributed by atoms with van der Waals surface area (Å²) in [5.74, 6) is 0.197. The molecule has 0 aliphatic rings. The van der Waals surface area contributed by atoms with E-state index in [1.54, 1.807) is 49.6 Å². The molecule has 34 heavy (non-hydrogen) atoms. The van der Waals surface area contributed by atoms with Gasteiger partial charge in [-0.1, -0.05) is 58.4 Å². The number of rotatable bonds is 7. The number of esters is 1. The van der Waals surface area contributed by atoms with Gasteiger partial charge in [-0.05, 0) is 58.8 Å². The number of nitrogens with zero attached hydrogens (tertiary/aromatic N) is 1. The van der Waals surface area contributed by atoms with Gasteiger partial charge in [-0.15, -0.1) is 0 Å². The van der Waals surface area contributed by atoms with Crippen LogP contribution in [0.1, 0.15) is 21.5 Å². The molecule has 0 spiro atoms. The molecule has 0 saturated heterocycles. The number of hydrogen-bond donors (Lipinski definition) is 1. The van der Waals surface area contributed by atoms with Crippen LogP contribution < -0.4 is 14.9 Å². The predicted octanol–water partition coefficient (Wildman–Crippen LogP) is 5.52. The number of nitrogens with one attached hydrogen (secondary N) is 1. The predicted molar refractivity (Wildman–Crippen MR) is 135 cm³/mol. The highest BCUT2D eigenvalue weighted by atomic mass is 79.9. The van der Waals surface area contributed by atoms with Crippen LogP contribution in [0, 0.1) is 0 Å². The van der Waals surface area contributed by atoms with Crippen molar-refractivity contribution in [1.29, 1.82) is 0 Å². The van der Waals surface area contributed by atoms with Gasteiger partial charge < -0.3 is 9.47 Å². The number of hydrazone groups is 1. The quantitative estimate of drug-likeness (QED) is 0.152. The molecule has 0 heterocycles. The number of carbonyl (C=O) groups is 2.